The zero-order chi connectivity index (χ0) is 33.0. The lowest BCUT2D eigenvalue weighted by Crippen LogP contribution is -2.33. The molecule has 2 aliphatic rings. The van der Waals surface area contributed by atoms with Crippen LogP contribution in [0.3, 0.4) is 0 Å². The monoisotopic (exact) mass is 629 g/mol. The molecule has 9 rings (SSSR count). The van der Waals surface area contributed by atoms with Gasteiger partial charge in [0.2, 0.25) is 0 Å². The van der Waals surface area contributed by atoms with E-state index in [4.69, 9.17) is 9.98 Å². The fourth-order valence-electron chi connectivity index (χ4n) is 7.45. The number of amidine groups is 2. The topological polar surface area (TPSA) is 36.8 Å². The van der Waals surface area contributed by atoms with Crippen LogP contribution >= 0.6 is 0 Å². The molecular weight excluding hydrogens is 595 g/mol. The fraction of sp³-hybridized carbons (Fsp3) is 0.0870. The van der Waals surface area contributed by atoms with E-state index >= 15 is 0 Å². The lowest BCUT2D eigenvalue weighted by atomic mass is 9.81. The van der Waals surface area contributed by atoms with Crippen LogP contribution in [0.25, 0.3) is 44.2 Å². The molecule has 0 amide bonds. The van der Waals surface area contributed by atoms with E-state index in [-0.39, 0.29) is 11.6 Å². The van der Waals surface area contributed by atoms with Gasteiger partial charge < -0.3 is 5.32 Å². The van der Waals surface area contributed by atoms with E-state index in [2.05, 4.69) is 147 Å². The molecule has 7 aromatic carbocycles. The van der Waals surface area contributed by atoms with Crippen molar-refractivity contribution >= 4 is 22.4 Å². The minimum atomic E-state index is -0.275. The molecule has 7 aromatic rings. The summed E-state index contributed by atoms with van der Waals surface area (Å²) in [6.45, 7) is 4.72. The second-order valence-electron chi connectivity index (χ2n) is 13.5. The van der Waals surface area contributed by atoms with Gasteiger partial charge in [-0.2, -0.15) is 0 Å². The van der Waals surface area contributed by atoms with Gasteiger partial charge in [0.05, 0.1) is 0 Å². The van der Waals surface area contributed by atoms with Crippen molar-refractivity contribution in [3.05, 3.63) is 192 Å². The van der Waals surface area contributed by atoms with Gasteiger partial charge in [-0.05, 0) is 91.2 Å². The first-order chi connectivity index (χ1) is 24.0. The van der Waals surface area contributed by atoms with Gasteiger partial charge in [-0.15, -0.1) is 0 Å². The van der Waals surface area contributed by atoms with Gasteiger partial charge in [0.15, 0.2) is 5.84 Å². The van der Waals surface area contributed by atoms with Gasteiger partial charge in [0.25, 0.3) is 0 Å². The molecule has 1 N–H and O–H groups in total. The van der Waals surface area contributed by atoms with E-state index in [9.17, 15) is 0 Å². The quantitative estimate of drug-likeness (QED) is 0.202. The van der Waals surface area contributed by atoms with E-state index in [1.807, 2.05) is 36.4 Å². The van der Waals surface area contributed by atoms with Crippen molar-refractivity contribution in [2.24, 2.45) is 9.98 Å². The highest BCUT2D eigenvalue weighted by Crippen LogP contribution is 2.50. The van der Waals surface area contributed by atoms with Crippen LogP contribution < -0.4 is 5.32 Å². The Morgan fingerprint density at radius 2 is 1.04 bits per heavy atom. The Labute approximate surface area is 287 Å². The summed E-state index contributed by atoms with van der Waals surface area (Å²) < 4.78 is 0. The molecule has 0 spiro atoms. The van der Waals surface area contributed by atoms with E-state index in [1.54, 1.807) is 0 Å². The van der Waals surface area contributed by atoms with Crippen LogP contribution in [0.1, 0.15) is 47.8 Å². The van der Waals surface area contributed by atoms with Gasteiger partial charge in [-0.25, -0.2) is 9.98 Å². The number of benzene rings is 7. The van der Waals surface area contributed by atoms with Crippen molar-refractivity contribution in [2.45, 2.75) is 25.4 Å². The van der Waals surface area contributed by atoms with E-state index in [1.165, 1.54) is 49.7 Å². The van der Waals surface area contributed by atoms with E-state index < -0.39 is 0 Å². The standard InChI is InChI=1S/C46H35N3/c1-46(2)41-29-37(23-24-39(41)40-27-35-17-9-10-18-36(35)28-42(40)46)33-20-11-19-32(25-33)34-21-12-22-38(26-34)45-48-43(30-13-5-3-6-14-30)47-44(49-45)31-15-7-4-8-16-31/h3-29,45H,1-2H3,(H,47,48,49). The minimum absolute atomic E-state index is 0.0787. The largest absolute Gasteiger partial charge is 0.344 e. The predicted octanol–water partition coefficient (Wildman–Crippen LogP) is 11.0. The summed E-state index contributed by atoms with van der Waals surface area (Å²) in [4.78, 5) is 10.0. The first kappa shape index (κ1) is 29.1. The smallest absolute Gasteiger partial charge is 0.159 e. The molecule has 234 valence electrons. The van der Waals surface area contributed by atoms with Crippen LogP contribution in [0, 0.1) is 0 Å². The average molecular weight is 630 g/mol. The molecule has 1 aliphatic heterocycles. The van der Waals surface area contributed by atoms with Crippen LogP contribution in [0.4, 0.5) is 0 Å². The number of nitrogens with zero attached hydrogens (tertiary/aromatic N) is 2. The molecule has 0 saturated carbocycles. The number of hydrogen-bond acceptors (Lipinski definition) is 3. The summed E-state index contributed by atoms with van der Waals surface area (Å²) in [6.07, 6.45) is -0.275. The molecule has 0 saturated heterocycles. The van der Waals surface area contributed by atoms with Crippen molar-refractivity contribution in [3.63, 3.8) is 0 Å². The van der Waals surface area contributed by atoms with Crippen LogP contribution in [-0.2, 0) is 5.41 Å². The molecular formula is C46H35N3. The third-order valence-electron chi connectivity index (χ3n) is 10.1. The Bertz CT molecular complexity index is 2440. The molecule has 1 unspecified atom stereocenters. The Hall–Kier alpha value is -6.06. The van der Waals surface area contributed by atoms with Gasteiger partial charge in [-0.3, -0.25) is 0 Å². The van der Waals surface area contributed by atoms with Gasteiger partial charge >= 0.3 is 0 Å². The lowest BCUT2D eigenvalue weighted by molar-refractivity contribution is 0.661. The number of nitrogens with one attached hydrogen (secondary N) is 1. The summed E-state index contributed by atoms with van der Waals surface area (Å²) in [5.74, 6) is 1.55. The highest BCUT2D eigenvalue weighted by molar-refractivity contribution is 6.13. The Morgan fingerprint density at radius 1 is 0.469 bits per heavy atom. The Morgan fingerprint density at radius 3 is 1.78 bits per heavy atom. The van der Waals surface area contributed by atoms with E-state index in [0.29, 0.717) is 0 Å². The van der Waals surface area contributed by atoms with Crippen molar-refractivity contribution < 1.29 is 0 Å². The zero-order valence-corrected chi connectivity index (χ0v) is 27.6. The molecule has 3 heteroatoms. The van der Waals surface area contributed by atoms with Crippen LogP contribution in [-0.4, -0.2) is 11.7 Å². The number of aliphatic imine (C=N–C) groups is 2. The Kier molecular flexibility index (Phi) is 6.87. The maximum atomic E-state index is 5.10. The van der Waals surface area contributed by atoms with Crippen molar-refractivity contribution in [1.82, 2.24) is 5.32 Å². The highest BCUT2D eigenvalue weighted by Gasteiger charge is 2.36. The molecule has 0 fully saturated rings. The lowest BCUT2D eigenvalue weighted by Gasteiger charge is -2.24. The van der Waals surface area contributed by atoms with Crippen LogP contribution in [0.5, 0.6) is 0 Å². The molecule has 0 bridgehead atoms. The molecule has 3 nitrogen and oxygen atoms in total. The molecule has 49 heavy (non-hydrogen) atoms. The summed E-state index contributed by atoms with van der Waals surface area (Å²) in [6, 6.07) is 58.6. The maximum absolute atomic E-state index is 5.10. The van der Waals surface area contributed by atoms with E-state index in [0.717, 1.165) is 33.9 Å². The SMILES string of the molecule is CC1(C)c2cc(-c3cccc(-c4cccc(C5N=C(c6ccccc6)N=C(c6ccccc6)N5)c4)c3)ccc2-c2cc3ccccc3cc21. The molecule has 1 atom stereocenters. The molecule has 1 aliphatic carbocycles. The third kappa shape index (κ3) is 5.15. The number of rotatable bonds is 5. The second-order valence-corrected chi connectivity index (χ2v) is 13.5. The third-order valence-corrected chi connectivity index (χ3v) is 10.1. The van der Waals surface area contributed by atoms with Crippen molar-refractivity contribution in [3.8, 4) is 33.4 Å². The highest BCUT2D eigenvalue weighted by atomic mass is 15.2. The van der Waals surface area contributed by atoms with Crippen molar-refractivity contribution in [2.75, 3.05) is 0 Å². The zero-order valence-electron chi connectivity index (χ0n) is 27.6. The molecule has 1 heterocycles. The van der Waals surface area contributed by atoms with Crippen molar-refractivity contribution in [1.29, 1.82) is 0 Å². The fourth-order valence-corrected chi connectivity index (χ4v) is 7.45. The molecule has 0 aromatic heterocycles. The van der Waals surface area contributed by atoms with Crippen LogP contribution in [0.2, 0.25) is 0 Å². The summed E-state index contributed by atoms with van der Waals surface area (Å²) >= 11 is 0. The maximum Gasteiger partial charge on any atom is 0.159 e. The second kappa shape index (κ2) is 11.6. The normalized spacial score (nSPS) is 15.9. The van der Waals surface area contributed by atoms with Crippen LogP contribution in [0.15, 0.2) is 174 Å². The average Bonchev–Trinajstić information content (AvgIpc) is 3.39. The Balaban J connectivity index is 1.06. The first-order valence-corrected chi connectivity index (χ1v) is 16.9. The first-order valence-electron chi connectivity index (χ1n) is 16.9. The predicted molar refractivity (Wildman–Crippen MR) is 204 cm³/mol. The van der Waals surface area contributed by atoms with Gasteiger partial charge in [0.1, 0.15) is 12.0 Å². The number of hydrogen-bond donors (Lipinski definition) is 1. The minimum Gasteiger partial charge on any atom is -0.344 e. The summed E-state index contributed by atoms with van der Waals surface area (Å²) in [7, 11) is 0. The summed E-state index contributed by atoms with van der Waals surface area (Å²) in [5.41, 5.74) is 13.3. The van der Waals surface area contributed by atoms with Gasteiger partial charge in [-0.1, -0.05) is 147 Å². The summed E-state index contributed by atoms with van der Waals surface area (Å²) in [5, 5.41) is 6.20. The van der Waals surface area contributed by atoms with Gasteiger partial charge in [0, 0.05) is 16.5 Å². The number of fused-ring (bicyclic) bond motifs is 4. The molecule has 0 radical (unpaired) electrons.